The molecule has 0 saturated carbocycles. The standard InChI is InChI=1S/C9H12N6O/c16-9-13-8(6-12-14-9)11-2-1-4-15-5-3-10-7-15/h3,5-7H,1-2,4H2,(H2,11,13,14,16). The fourth-order valence-corrected chi connectivity index (χ4v) is 1.29. The van der Waals surface area contributed by atoms with Crippen molar-refractivity contribution in [2.45, 2.75) is 13.0 Å². The van der Waals surface area contributed by atoms with Crippen molar-refractivity contribution in [2.75, 3.05) is 11.9 Å². The van der Waals surface area contributed by atoms with E-state index in [1.807, 2.05) is 10.8 Å². The van der Waals surface area contributed by atoms with E-state index in [0.29, 0.717) is 5.82 Å². The van der Waals surface area contributed by atoms with Gasteiger partial charge in [0, 0.05) is 25.5 Å². The summed E-state index contributed by atoms with van der Waals surface area (Å²) in [6.07, 6.45) is 7.83. The number of aromatic amines is 1. The molecule has 0 bridgehead atoms. The maximum atomic E-state index is 10.8. The van der Waals surface area contributed by atoms with E-state index in [0.717, 1.165) is 19.5 Å². The number of hydrogen-bond donors (Lipinski definition) is 2. The molecule has 16 heavy (non-hydrogen) atoms. The highest BCUT2D eigenvalue weighted by molar-refractivity contribution is 5.28. The molecule has 0 aliphatic heterocycles. The van der Waals surface area contributed by atoms with Crippen molar-refractivity contribution in [1.29, 1.82) is 0 Å². The van der Waals surface area contributed by atoms with Crippen molar-refractivity contribution in [2.24, 2.45) is 0 Å². The average molecular weight is 220 g/mol. The molecule has 0 aliphatic carbocycles. The molecule has 2 heterocycles. The molecule has 2 aromatic rings. The second-order valence-electron chi connectivity index (χ2n) is 3.25. The first-order valence-corrected chi connectivity index (χ1v) is 4.96. The van der Waals surface area contributed by atoms with E-state index < -0.39 is 5.69 Å². The fraction of sp³-hybridized carbons (Fsp3) is 0.333. The average Bonchev–Trinajstić information content (AvgIpc) is 2.77. The normalized spacial score (nSPS) is 10.2. The number of H-pyrrole nitrogens is 1. The third-order valence-electron chi connectivity index (χ3n) is 2.03. The maximum Gasteiger partial charge on any atom is 0.363 e. The van der Waals surface area contributed by atoms with Gasteiger partial charge in [-0.15, -0.1) is 0 Å². The number of nitrogens with one attached hydrogen (secondary N) is 2. The summed E-state index contributed by atoms with van der Waals surface area (Å²) >= 11 is 0. The van der Waals surface area contributed by atoms with Crippen LogP contribution < -0.4 is 11.0 Å². The molecular formula is C9H12N6O. The molecule has 0 aromatic carbocycles. The van der Waals surface area contributed by atoms with Gasteiger partial charge in [0.1, 0.15) is 0 Å². The van der Waals surface area contributed by atoms with E-state index in [-0.39, 0.29) is 0 Å². The Kier molecular flexibility index (Phi) is 3.27. The first-order chi connectivity index (χ1) is 7.84. The molecule has 7 heteroatoms. The highest BCUT2D eigenvalue weighted by Gasteiger charge is 1.95. The number of aryl methyl sites for hydroxylation is 1. The van der Waals surface area contributed by atoms with Crippen LogP contribution in [0.5, 0.6) is 0 Å². The van der Waals surface area contributed by atoms with Crippen LogP contribution in [0.25, 0.3) is 0 Å². The predicted octanol–water partition coefficient (Wildman–Crippen LogP) is -0.136. The van der Waals surface area contributed by atoms with Gasteiger partial charge >= 0.3 is 5.69 Å². The lowest BCUT2D eigenvalue weighted by molar-refractivity contribution is 0.659. The molecule has 0 fully saturated rings. The molecule has 0 aliphatic rings. The third kappa shape index (κ3) is 2.91. The zero-order valence-corrected chi connectivity index (χ0v) is 8.63. The lowest BCUT2D eigenvalue weighted by atomic mass is 10.4. The van der Waals surface area contributed by atoms with Crippen LogP contribution in [-0.2, 0) is 6.54 Å². The fourth-order valence-electron chi connectivity index (χ4n) is 1.29. The Morgan fingerprint density at radius 2 is 2.44 bits per heavy atom. The maximum absolute atomic E-state index is 10.8. The molecule has 2 rings (SSSR count). The molecule has 0 unspecified atom stereocenters. The van der Waals surface area contributed by atoms with E-state index in [1.54, 1.807) is 12.5 Å². The molecule has 2 N–H and O–H groups in total. The van der Waals surface area contributed by atoms with Crippen molar-refractivity contribution in [3.8, 4) is 0 Å². The highest BCUT2D eigenvalue weighted by atomic mass is 16.1. The Hall–Kier alpha value is -2.18. The lowest BCUT2D eigenvalue weighted by Gasteiger charge is -2.04. The van der Waals surface area contributed by atoms with Gasteiger partial charge in [-0.1, -0.05) is 0 Å². The van der Waals surface area contributed by atoms with Crippen molar-refractivity contribution in [1.82, 2.24) is 24.7 Å². The molecular weight excluding hydrogens is 208 g/mol. The number of anilines is 1. The van der Waals surface area contributed by atoms with Crippen LogP contribution in [0.2, 0.25) is 0 Å². The summed E-state index contributed by atoms with van der Waals surface area (Å²) in [5.41, 5.74) is -0.445. The summed E-state index contributed by atoms with van der Waals surface area (Å²) < 4.78 is 1.99. The first-order valence-electron chi connectivity index (χ1n) is 4.96. The molecule has 2 aromatic heterocycles. The zero-order chi connectivity index (χ0) is 11.2. The number of nitrogens with zero attached hydrogens (tertiary/aromatic N) is 4. The van der Waals surface area contributed by atoms with E-state index in [1.165, 1.54) is 6.20 Å². The minimum absolute atomic E-state index is 0.445. The SMILES string of the molecule is O=c1nc(NCCCn2ccnc2)cn[nH]1. The van der Waals surface area contributed by atoms with Crippen LogP contribution in [-0.4, -0.2) is 31.3 Å². The molecule has 0 radical (unpaired) electrons. The number of aromatic nitrogens is 5. The van der Waals surface area contributed by atoms with Crippen LogP contribution in [0.4, 0.5) is 5.82 Å². The van der Waals surface area contributed by atoms with Gasteiger partial charge in [-0.2, -0.15) is 10.1 Å². The van der Waals surface area contributed by atoms with Crippen molar-refractivity contribution in [3.63, 3.8) is 0 Å². The Morgan fingerprint density at radius 3 is 3.19 bits per heavy atom. The third-order valence-corrected chi connectivity index (χ3v) is 2.03. The number of hydrogen-bond acceptors (Lipinski definition) is 5. The van der Waals surface area contributed by atoms with Crippen LogP contribution in [0.3, 0.4) is 0 Å². The summed E-state index contributed by atoms with van der Waals surface area (Å²) in [4.78, 5) is 18.5. The van der Waals surface area contributed by atoms with E-state index in [9.17, 15) is 4.79 Å². The summed E-state index contributed by atoms with van der Waals surface area (Å²) in [5, 5.41) is 8.87. The van der Waals surface area contributed by atoms with E-state index >= 15 is 0 Å². The second-order valence-corrected chi connectivity index (χ2v) is 3.25. The van der Waals surface area contributed by atoms with Gasteiger partial charge in [0.2, 0.25) is 0 Å². The first kappa shape index (κ1) is 10.3. The zero-order valence-electron chi connectivity index (χ0n) is 8.63. The van der Waals surface area contributed by atoms with Gasteiger partial charge in [0.25, 0.3) is 0 Å². The van der Waals surface area contributed by atoms with E-state index in [4.69, 9.17) is 0 Å². The Labute approximate surface area is 91.6 Å². The topological polar surface area (TPSA) is 88.5 Å². The minimum Gasteiger partial charge on any atom is -0.369 e. The number of rotatable bonds is 5. The number of imidazole rings is 1. The summed E-state index contributed by atoms with van der Waals surface area (Å²) in [5.74, 6) is 0.495. The van der Waals surface area contributed by atoms with Gasteiger partial charge in [-0.3, -0.25) is 0 Å². The molecule has 0 atom stereocenters. The molecule has 0 spiro atoms. The summed E-state index contributed by atoms with van der Waals surface area (Å²) in [6, 6.07) is 0. The van der Waals surface area contributed by atoms with Gasteiger partial charge in [0.15, 0.2) is 5.82 Å². The Bertz CT molecular complexity index is 477. The van der Waals surface area contributed by atoms with Crippen LogP contribution in [0.15, 0.2) is 29.7 Å². The lowest BCUT2D eigenvalue weighted by Crippen LogP contribution is -2.15. The minimum atomic E-state index is -0.445. The summed E-state index contributed by atoms with van der Waals surface area (Å²) in [7, 11) is 0. The second kappa shape index (κ2) is 5.06. The largest absolute Gasteiger partial charge is 0.369 e. The van der Waals surface area contributed by atoms with Gasteiger partial charge in [-0.25, -0.2) is 14.9 Å². The van der Waals surface area contributed by atoms with Crippen molar-refractivity contribution >= 4 is 5.82 Å². The van der Waals surface area contributed by atoms with Crippen LogP contribution in [0, 0.1) is 0 Å². The van der Waals surface area contributed by atoms with Crippen molar-refractivity contribution in [3.05, 3.63) is 35.4 Å². The molecule has 84 valence electrons. The highest BCUT2D eigenvalue weighted by Crippen LogP contribution is 1.95. The molecule has 0 saturated heterocycles. The van der Waals surface area contributed by atoms with Crippen LogP contribution >= 0.6 is 0 Å². The smallest absolute Gasteiger partial charge is 0.363 e. The monoisotopic (exact) mass is 220 g/mol. The molecule has 7 nitrogen and oxygen atoms in total. The summed E-state index contributed by atoms with van der Waals surface area (Å²) in [6.45, 7) is 1.61. The quantitative estimate of drug-likeness (QED) is 0.685. The Morgan fingerprint density at radius 1 is 1.50 bits per heavy atom. The van der Waals surface area contributed by atoms with E-state index in [2.05, 4.69) is 25.5 Å². The van der Waals surface area contributed by atoms with Crippen LogP contribution in [0.1, 0.15) is 6.42 Å². The van der Waals surface area contributed by atoms with Gasteiger partial charge in [-0.05, 0) is 6.42 Å². The Balaban J connectivity index is 1.74. The predicted molar refractivity (Wildman–Crippen MR) is 58.0 cm³/mol. The van der Waals surface area contributed by atoms with Gasteiger partial charge < -0.3 is 9.88 Å². The molecule has 0 amide bonds. The van der Waals surface area contributed by atoms with Crippen molar-refractivity contribution < 1.29 is 0 Å². The van der Waals surface area contributed by atoms with Gasteiger partial charge in [0.05, 0.1) is 12.5 Å².